The van der Waals surface area contributed by atoms with Gasteiger partial charge in [-0.05, 0) is 43.5 Å². The highest BCUT2D eigenvalue weighted by atomic mass is 16.5. The van der Waals surface area contributed by atoms with Crippen molar-refractivity contribution in [3.63, 3.8) is 0 Å². The minimum Gasteiger partial charge on any atom is -0.496 e. The Kier molecular flexibility index (Phi) is 4.05. The van der Waals surface area contributed by atoms with E-state index in [1.807, 2.05) is 28.9 Å². The van der Waals surface area contributed by atoms with Crippen molar-refractivity contribution in [2.24, 2.45) is 5.92 Å². The van der Waals surface area contributed by atoms with Gasteiger partial charge < -0.3 is 14.5 Å². The molecule has 2 fully saturated rings. The molecular weight excluding hydrogens is 280 g/mol. The molecule has 22 heavy (non-hydrogen) atoms. The normalized spacial score (nSPS) is 18.3. The van der Waals surface area contributed by atoms with Crippen LogP contribution in [0.5, 0.6) is 5.75 Å². The average Bonchev–Trinajstić information content (AvgIpc) is 3.38. The van der Waals surface area contributed by atoms with Crippen molar-refractivity contribution in [1.29, 1.82) is 0 Å². The highest BCUT2D eigenvalue weighted by Crippen LogP contribution is 2.31. The second-order valence-electron chi connectivity index (χ2n) is 6.08. The molecule has 0 unspecified atom stereocenters. The van der Waals surface area contributed by atoms with Crippen LogP contribution in [0, 0.1) is 12.8 Å². The van der Waals surface area contributed by atoms with E-state index < -0.39 is 0 Å². The average molecular weight is 302 g/mol. The van der Waals surface area contributed by atoms with Crippen LogP contribution in [0.1, 0.15) is 28.8 Å². The van der Waals surface area contributed by atoms with Crippen molar-refractivity contribution < 1.29 is 14.3 Å². The summed E-state index contributed by atoms with van der Waals surface area (Å²) in [6.07, 6.45) is 2.06. The smallest absolute Gasteiger partial charge is 0.253 e. The van der Waals surface area contributed by atoms with Crippen LogP contribution in [0.4, 0.5) is 0 Å². The molecule has 0 radical (unpaired) electrons. The van der Waals surface area contributed by atoms with Gasteiger partial charge in [-0.2, -0.15) is 0 Å². The lowest BCUT2D eigenvalue weighted by atomic mass is 10.1. The topological polar surface area (TPSA) is 49.9 Å². The minimum atomic E-state index is 0.0317. The third-order valence-electron chi connectivity index (χ3n) is 4.45. The van der Waals surface area contributed by atoms with E-state index in [-0.39, 0.29) is 17.7 Å². The molecule has 1 aromatic carbocycles. The molecule has 1 saturated heterocycles. The summed E-state index contributed by atoms with van der Waals surface area (Å²) in [5, 5.41) is 0. The van der Waals surface area contributed by atoms with Crippen LogP contribution in [0.3, 0.4) is 0 Å². The van der Waals surface area contributed by atoms with E-state index >= 15 is 0 Å². The highest BCUT2D eigenvalue weighted by Gasteiger charge is 2.35. The fraction of sp³-hybridized carbons (Fsp3) is 0.529. The Balaban J connectivity index is 1.61. The lowest BCUT2D eigenvalue weighted by molar-refractivity contribution is -0.134. The van der Waals surface area contributed by atoms with Crippen molar-refractivity contribution in [2.45, 2.75) is 19.8 Å². The second-order valence-corrected chi connectivity index (χ2v) is 6.08. The number of piperazine rings is 1. The van der Waals surface area contributed by atoms with Gasteiger partial charge in [-0.3, -0.25) is 9.59 Å². The van der Waals surface area contributed by atoms with E-state index in [4.69, 9.17) is 4.74 Å². The van der Waals surface area contributed by atoms with E-state index in [0.717, 1.165) is 24.2 Å². The van der Waals surface area contributed by atoms with E-state index in [0.29, 0.717) is 31.7 Å². The fourth-order valence-electron chi connectivity index (χ4n) is 2.91. The van der Waals surface area contributed by atoms with E-state index in [2.05, 4.69) is 0 Å². The molecule has 1 aromatic rings. The molecule has 3 rings (SSSR count). The third kappa shape index (κ3) is 2.93. The monoisotopic (exact) mass is 302 g/mol. The summed E-state index contributed by atoms with van der Waals surface area (Å²) in [7, 11) is 1.62. The van der Waals surface area contributed by atoms with Crippen molar-refractivity contribution >= 4 is 11.8 Å². The molecule has 0 N–H and O–H groups in total. The van der Waals surface area contributed by atoms with Gasteiger partial charge in [0.2, 0.25) is 5.91 Å². The molecule has 1 aliphatic carbocycles. The van der Waals surface area contributed by atoms with Crippen LogP contribution in [-0.2, 0) is 4.79 Å². The molecule has 0 spiro atoms. The van der Waals surface area contributed by atoms with Gasteiger partial charge in [0.1, 0.15) is 5.75 Å². The maximum absolute atomic E-state index is 12.6. The molecule has 5 nitrogen and oxygen atoms in total. The van der Waals surface area contributed by atoms with Crippen LogP contribution < -0.4 is 4.74 Å². The first-order valence-electron chi connectivity index (χ1n) is 7.83. The zero-order valence-electron chi connectivity index (χ0n) is 13.2. The van der Waals surface area contributed by atoms with Crippen molar-refractivity contribution in [3.05, 3.63) is 29.3 Å². The van der Waals surface area contributed by atoms with Gasteiger partial charge in [0.25, 0.3) is 5.91 Å². The number of benzene rings is 1. The van der Waals surface area contributed by atoms with Crippen LogP contribution in [0.25, 0.3) is 0 Å². The number of hydrogen-bond donors (Lipinski definition) is 0. The Bertz CT molecular complexity index is 588. The number of hydrogen-bond acceptors (Lipinski definition) is 3. The molecule has 1 saturated carbocycles. The molecule has 0 bridgehead atoms. The molecule has 5 heteroatoms. The largest absolute Gasteiger partial charge is 0.496 e. The molecule has 0 aromatic heterocycles. The molecule has 2 amide bonds. The lowest BCUT2D eigenvalue weighted by Crippen LogP contribution is -2.51. The minimum absolute atomic E-state index is 0.0317. The summed E-state index contributed by atoms with van der Waals surface area (Å²) in [5.74, 6) is 1.35. The number of ether oxygens (including phenoxy) is 1. The molecular formula is C17H22N2O3. The summed E-state index contributed by atoms with van der Waals surface area (Å²) in [6.45, 7) is 4.46. The van der Waals surface area contributed by atoms with Gasteiger partial charge >= 0.3 is 0 Å². The number of carbonyl (C=O) groups excluding carboxylic acids is 2. The Labute approximate surface area is 130 Å². The maximum atomic E-state index is 12.6. The molecule has 0 atom stereocenters. The number of methoxy groups -OCH3 is 1. The number of rotatable bonds is 3. The van der Waals surface area contributed by atoms with Crippen molar-refractivity contribution in [1.82, 2.24) is 9.80 Å². The van der Waals surface area contributed by atoms with Crippen LogP contribution in [-0.4, -0.2) is 54.9 Å². The van der Waals surface area contributed by atoms with Gasteiger partial charge in [0.05, 0.1) is 7.11 Å². The van der Waals surface area contributed by atoms with E-state index in [9.17, 15) is 9.59 Å². The molecule has 1 heterocycles. The number of amides is 2. The molecule has 2 aliphatic rings. The highest BCUT2D eigenvalue weighted by molar-refractivity contribution is 5.94. The summed E-state index contributed by atoms with van der Waals surface area (Å²) in [6, 6.07) is 5.49. The lowest BCUT2D eigenvalue weighted by Gasteiger charge is -2.35. The summed E-state index contributed by atoms with van der Waals surface area (Å²) in [4.78, 5) is 28.3. The number of carbonyl (C=O) groups is 2. The second kappa shape index (κ2) is 5.99. The Morgan fingerprint density at radius 3 is 2.27 bits per heavy atom. The number of nitrogens with zero attached hydrogens (tertiary/aromatic N) is 2. The molecule has 1 aliphatic heterocycles. The van der Waals surface area contributed by atoms with Gasteiger partial charge in [0, 0.05) is 37.7 Å². The van der Waals surface area contributed by atoms with Gasteiger partial charge in [-0.1, -0.05) is 0 Å². The Morgan fingerprint density at radius 2 is 1.73 bits per heavy atom. The van der Waals surface area contributed by atoms with Crippen molar-refractivity contribution in [2.75, 3.05) is 33.3 Å². The van der Waals surface area contributed by atoms with Gasteiger partial charge in [0.15, 0.2) is 0 Å². The quantitative estimate of drug-likeness (QED) is 0.854. The standard InChI is InChI=1S/C17H22N2O3/c1-12-11-14(5-6-15(12)22-2)17(21)19-9-7-18(8-10-19)16(20)13-3-4-13/h5-6,11,13H,3-4,7-10H2,1-2H3. The third-order valence-corrected chi connectivity index (χ3v) is 4.45. The summed E-state index contributed by atoms with van der Waals surface area (Å²) < 4.78 is 5.22. The first kappa shape index (κ1) is 14.9. The van der Waals surface area contributed by atoms with Gasteiger partial charge in [-0.15, -0.1) is 0 Å². The summed E-state index contributed by atoms with van der Waals surface area (Å²) >= 11 is 0. The van der Waals surface area contributed by atoms with Crippen molar-refractivity contribution in [3.8, 4) is 5.75 Å². The first-order valence-corrected chi connectivity index (χ1v) is 7.83. The first-order chi connectivity index (χ1) is 10.6. The predicted molar refractivity (Wildman–Crippen MR) is 82.9 cm³/mol. The number of aryl methyl sites for hydroxylation is 1. The predicted octanol–water partition coefficient (Wildman–Crippen LogP) is 1.70. The zero-order chi connectivity index (χ0) is 15.7. The van der Waals surface area contributed by atoms with Crippen LogP contribution in [0.15, 0.2) is 18.2 Å². The zero-order valence-corrected chi connectivity index (χ0v) is 13.2. The van der Waals surface area contributed by atoms with E-state index in [1.54, 1.807) is 13.2 Å². The Morgan fingerprint density at radius 1 is 1.09 bits per heavy atom. The van der Waals surface area contributed by atoms with Crippen LogP contribution >= 0.6 is 0 Å². The van der Waals surface area contributed by atoms with E-state index in [1.165, 1.54) is 0 Å². The maximum Gasteiger partial charge on any atom is 0.253 e. The Hall–Kier alpha value is -2.04. The van der Waals surface area contributed by atoms with Gasteiger partial charge in [-0.25, -0.2) is 0 Å². The fourth-order valence-corrected chi connectivity index (χ4v) is 2.91. The molecule has 118 valence electrons. The SMILES string of the molecule is COc1ccc(C(=O)N2CCN(C(=O)C3CC3)CC2)cc1C. The van der Waals surface area contributed by atoms with Crippen LogP contribution in [0.2, 0.25) is 0 Å². The summed E-state index contributed by atoms with van der Waals surface area (Å²) in [5.41, 5.74) is 1.64.